The number of methoxy groups -OCH3 is 1. The van der Waals surface area contributed by atoms with Gasteiger partial charge in [0.05, 0.1) is 18.4 Å². The highest BCUT2D eigenvalue weighted by Crippen LogP contribution is 2.28. The Kier molecular flexibility index (Phi) is 24.3. The lowest BCUT2D eigenvalue weighted by molar-refractivity contribution is -0.141. The maximum absolute atomic E-state index is 12.6. The van der Waals surface area contributed by atoms with Crippen molar-refractivity contribution in [3.05, 3.63) is 146 Å². The van der Waals surface area contributed by atoms with E-state index < -0.39 is 17.8 Å². The first-order chi connectivity index (χ1) is 22.0. The molecular formula is C36H43FO9. The molecule has 0 radical (unpaired) electrons. The number of hydrogen-bond acceptors (Lipinski definition) is 9. The molecule has 46 heavy (non-hydrogen) atoms. The molecule has 10 heteroatoms. The van der Waals surface area contributed by atoms with E-state index in [0.717, 1.165) is 43.1 Å². The summed E-state index contributed by atoms with van der Waals surface area (Å²) in [6, 6.07) is 7.91. The van der Waals surface area contributed by atoms with E-state index in [0.29, 0.717) is 24.0 Å². The summed E-state index contributed by atoms with van der Waals surface area (Å²) in [4.78, 5) is 32.1. The highest BCUT2D eigenvalue weighted by molar-refractivity contribution is 5.91. The number of carbonyl (C=O) groups is 3. The van der Waals surface area contributed by atoms with Gasteiger partial charge >= 0.3 is 11.9 Å². The van der Waals surface area contributed by atoms with Crippen LogP contribution < -0.4 is 0 Å². The van der Waals surface area contributed by atoms with Gasteiger partial charge in [0.25, 0.3) is 0 Å². The van der Waals surface area contributed by atoms with E-state index in [1.54, 1.807) is 12.2 Å². The summed E-state index contributed by atoms with van der Waals surface area (Å²) in [5.74, 6) is -1.55. The summed E-state index contributed by atoms with van der Waals surface area (Å²) in [6.07, 6.45) is 13.4. The van der Waals surface area contributed by atoms with Crippen molar-refractivity contribution in [2.75, 3.05) is 34.5 Å². The number of carbonyl (C=O) groups excluding carboxylic acids is 3. The molecule has 9 nitrogen and oxygen atoms in total. The van der Waals surface area contributed by atoms with Gasteiger partial charge in [-0.15, -0.1) is 0 Å². The molecular weight excluding hydrogens is 595 g/mol. The summed E-state index contributed by atoms with van der Waals surface area (Å²) in [5.41, 5.74) is 3.96. The fourth-order valence-corrected chi connectivity index (χ4v) is 3.10. The van der Waals surface area contributed by atoms with Gasteiger partial charge in [-0.2, -0.15) is 4.39 Å². The third-order valence-corrected chi connectivity index (χ3v) is 5.35. The Morgan fingerprint density at radius 3 is 1.93 bits per heavy atom. The van der Waals surface area contributed by atoms with Crippen LogP contribution in [0.25, 0.3) is 11.1 Å². The summed E-state index contributed by atoms with van der Waals surface area (Å²) < 4.78 is 32.9. The first-order valence-electron chi connectivity index (χ1n) is 13.5. The van der Waals surface area contributed by atoms with E-state index in [2.05, 4.69) is 44.2 Å². The van der Waals surface area contributed by atoms with Gasteiger partial charge in [0.1, 0.15) is 31.0 Å². The second kappa shape index (κ2) is 26.1. The van der Waals surface area contributed by atoms with Gasteiger partial charge < -0.3 is 29.2 Å². The first-order valence-corrected chi connectivity index (χ1v) is 13.5. The Hall–Kier alpha value is -5.32. The predicted octanol–water partition coefficient (Wildman–Crippen LogP) is 6.28. The van der Waals surface area contributed by atoms with Gasteiger partial charge in [-0.3, -0.25) is 4.79 Å². The average Bonchev–Trinajstić information content (AvgIpc) is 3.09. The second-order valence-corrected chi connectivity index (χ2v) is 8.41. The first kappa shape index (κ1) is 42.8. The van der Waals surface area contributed by atoms with Crippen LogP contribution >= 0.6 is 0 Å². The van der Waals surface area contributed by atoms with Crippen LogP contribution in [-0.4, -0.2) is 63.0 Å². The zero-order chi connectivity index (χ0) is 35.5. The lowest BCUT2D eigenvalue weighted by atomic mass is 9.95. The van der Waals surface area contributed by atoms with Crippen molar-refractivity contribution in [1.82, 2.24) is 0 Å². The number of aliphatic hydroxyl groups is 2. The predicted molar refractivity (Wildman–Crippen MR) is 179 cm³/mol. The molecule has 0 aliphatic heterocycles. The van der Waals surface area contributed by atoms with Gasteiger partial charge in [-0.1, -0.05) is 75.9 Å². The topological polar surface area (TPSA) is 129 Å². The molecule has 0 fully saturated rings. The minimum absolute atomic E-state index is 0.0523. The number of halogens is 1. The SMILES string of the molecule is C=C(/C=C\C(=C)C(=O)OC(=C)/C=C\C(=C)c1ccc(C2=CC=C(OCCOC(=O)C(=C)F)CC2)cc1)OC.C=CC=O.CO.CO. The highest BCUT2D eigenvalue weighted by atomic mass is 19.1. The number of aliphatic hydroxyl groups excluding tert-OH is 2. The molecule has 0 saturated carbocycles. The number of hydrogen-bond donors (Lipinski definition) is 2. The number of allylic oxidation sites excluding steroid dienone is 9. The van der Waals surface area contributed by atoms with Crippen molar-refractivity contribution in [2.24, 2.45) is 0 Å². The maximum atomic E-state index is 12.6. The lowest BCUT2D eigenvalue weighted by Gasteiger charge is -2.16. The molecule has 0 aromatic heterocycles. The van der Waals surface area contributed by atoms with Crippen molar-refractivity contribution < 1.29 is 47.9 Å². The molecule has 1 aromatic rings. The van der Waals surface area contributed by atoms with Crippen LogP contribution in [0, 0.1) is 0 Å². The molecule has 1 aromatic carbocycles. The molecule has 0 heterocycles. The van der Waals surface area contributed by atoms with E-state index in [9.17, 15) is 14.0 Å². The molecule has 2 N–H and O–H groups in total. The lowest BCUT2D eigenvalue weighted by Crippen LogP contribution is -2.11. The Balaban J connectivity index is 0. The van der Waals surface area contributed by atoms with E-state index in [-0.39, 0.29) is 24.5 Å². The van der Waals surface area contributed by atoms with E-state index in [4.69, 9.17) is 29.2 Å². The molecule has 0 bridgehead atoms. The van der Waals surface area contributed by atoms with Gasteiger partial charge in [0.2, 0.25) is 5.83 Å². The standard InChI is InChI=1S/C31H31FO6.C3H4O.2CH4O/c1-21(7-10-24(4)38-30(33)22(2)8-9-23(3)35-6)26-11-13-27(14-12-26)28-15-17-29(18-16-28)36-19-20-37-31(34)25(5)32;1-2-3-4;2*1-2/h7-15,17H,1-5,16,18-20H2,6H3;2-3H,1H2;2*2H,1H3/b9-8-,10-7-;;;. The van der Waals surface area contributed by atoms with Crippen molar-refractivity contribution in [3.8, 4) is 0 Å². The van der Waals surface area contributed by atoms with Crippen LogP contribution in [0.4, 0.5) is 4.39 Å². The molecule has 2 rings (SSSR count). The quantitative estimate of drug-likeness (QED) is 0.0570. The van der Waals surface area contributed by atoms with Crippen LogP contribution in [-0.2, 0) is 33.3 Å². The molecule has 1 aliphatic rings. The van der Waals surface area contributed by atoms with Crippen LogP contribution in [0.5, 0.6) is 0 Å². The van der Waals surface area contributed by atoms with E-state index in [1.165, 1.54) is 25.3 Å². The third kappa shape index (κ3) is 18.4. The minimum Gasteiger partial charge on any atom is -0.497 e. The van der Waals surface area contributed by atoms with E-state index in [1.807, 2.05) is 36.4 Å². The Morgan fingerprint density at radius 1 is 0.848 bits per heavy atom. The fourth-order valence-electron chi connectivity index (χ4n) is 3.10. The molecule has 248 valence electrons. The third-order valence-electron chi connectivity index (χ3n) is 5.35. The zero-order valence-electron chi connectivity index (χ0n) is 26.6. The largest absolute Gasteiger partial charge is 0.497 e. The molecule has 0 amide bonds. The number of benzene rings is 1. The smallest absolute Gasteiger partial charge is 0.366 e. The van der Waals surface area contributed by atoms with Crippen molar-refractivity contribution in [2.45, 2.75) is 12.8 Å². The number of rotatable bonds is 15. The zero-order valence-corrected chi connectivity index (χ0v) is 26.6. The second-order valence-electron chi connectivity index (χ2n) is 8.41. The Morgan fingerprint density at radius 2 is 1.43 bits per heavy atom. The van der Waals surface area contributed by atoms with Crippen LogP contribution in [0.3, 0.4) is 0 Å². The van der Waals surface area contributed by atoms with Crippen LogP contribution in [0.15, 0.2) is 135 Å². The normalized spacial score (nSPS) is 11.3. The van der Waals surface area contributed by atoms with Crippen LogP contribution in [0.1, 0.15) is 24.0 Å². The summed E-state index contributed by atoms with van der Waals surface area (Å²) >= 11 is 0. The number of esters is 2. The monoisotopic (exact) mass is 638 g/mol. The van der Waals surface area contributed by atoms with E-state index >= 15 is 0 Å². The number of aldehydes is 1. The molecule has 0 unspecified atom stereocenters. The fraction of sp³-hybridized carbons (Fsp3) is 0.194. The highest BCUT2D eigenvalue weighted by Gasteiger charge is 2.11. The van der Waals surface area contributed by atoms with Gasteiger partial charge in [0, 0.05) is 20.6 Å². The van der Waals surface area contributed by atoms with Gasteiger partial charge in [0.15, 0.2) is 0 Å². The number of ether oxygens (including phenoxy) is 4. The van der Waals surface area contributed by atoms with Crippen LogP contribution in [0.2, 0.25) is 0 Å². The van der Waals surface area contributed by atoms with Crippen molar-refractivity contribution in [3.63, 3.8) is 0 Å². The Labute approximate surface area is 270 Å². The maximum Gasteiger partial charge on any atom is 0.366 e. The minimum atomic E-state index is -1.13. The molecule has 0 saturated heterocycles. The van der Waals surface area contributed by atoms with Crippen molar-refractivity contribution in [1.29, 1.82) is 0 Å². The molecule has 0 atom stereocenters. The summed E-state index contributed by atoms with van der Waals surface area (Å²) in [7, 11) is 3.47. The Bertz CT molecular complexity index is 1340. The van der Waals surface area contributed by atoms with Crippen molar-refractivity contribution >= 4 is 29.4 Å². The van der Waals surface area contributed by atoms with Gasteiger partial charge in [-0.05, 0) is 59.1 Å². The summed E-state index contributed by atoms with van der Waals surface area (Å²) in [6.45, 7) is 21.1. The summed E-state index contributed by atoms with van der Waals surface area (Å²) in [5, 5.41) is 14.0. The average molecular weight is 639 g/mol. The molecule has 0 spiro atoms. The molecule has 1 aliphatic carbocycles. The van der Waals surface area contributed by atoms with Gasteiger partial charge in [-0.25, -0.2) is 9.59 Å².